The summed E-state index contributed by atoms with van der Waals surface area (Å²) < 4.78 is 25.7. The third-order valence-electron chi connectivity index (χ3n) is 2.70. The number of hydrogen-bond donors (Lipinski definition) is 2. The molecule has 6 heteroatoms. The van der Waals surface area contributed by atoms with Gasteiger partial charge in [-0.05, 0) is 38.5 Å². The van der Waals surface area contributed by atoms with Crippen LogP contribution in [0.15, 0.2) is 23.1 Å². The van der Waals surface area contributed by atoms with Crippen LogP contribution in [0.25, 0.3) is 0 Å². The summed E-state index contributed by atoms with van der Waals surface area (Å²) in [6.07, 6.45) is 0.758. The Kier molecular flexibility index (Phi) is 6.42. The zero-order valence-electron chi connectivity index (χ0n) is 11.6. The Morgan fingerprint density at radius 1 is 1.35 bits per heavy atom. The summed E-state index contributed by atoms with van der Waals surface area (Å²) >= 11 is 1.29. The highest BCUT2D eigenvalue weighted by Crippen LogP contribution is 2.21. The van der Waals surface area contributed by atoms with Crippen molar-refractivity contribution in [2.75, 3.05) is 12.4 Å². The summed E-state index contributed by atoms with van der Waals surface area (Å²) in [5.74, 6) is -1.41. The smallest absolute Gasteiger partial charge is 0.221 e. The summed E-state index contributed by atoms with van der Waals surface area (Å²) in [6.45, 7) is 3.68. The van der Waals surface area contributed by atoms with Crippen molar-refractivity contribution in [3.05, 3.63) is 29.8 Å². The first-order valence-electron chi connectivity index (χ1n) is 6.34. The average molecular weight is 303 g/mol. The molecular formula is C14H19F2NO2S. The molecule has 0 saturated heterocycles. The Balaban J connectivity index is 2.36. The van der Waals surface area contributed by atoms with Crippen molar-refractivity contribution in [1.29, 1.82) is 0 Å². The summed E-state index contributed by atoms with van der Waals surface area (Å²) in [4.78, 5) is 12.3. The Labute approximate surface area is 121 Å². The lowest BCUT2D eigenvalue weighted by atomic mass is 10.0. The van der Waals surface area contributed by atoms with E-state index in [-0.39, 0.29) is 18.9 Å². The maximum Gasteiger partial charge on any atom is 0.221 e. The van der Waals surface area contributed by atoms with E-state index >= 15 is 0 Å². The van der Waals surface area contributed by atoms with Gasteiger partial charge in [0.2, 0.25) is 5.91 Å². The second kappa shape index (κ2) is 7.59. The Morgan fingerprint density at radius 3 is 2.65 bits per heavy atom. The van der Waals surface area contributed by atoms with Crippen molar-refractivity contribution in [3.8, 4) is 0 Å². The number of halogens is 2. The van der Waals surface area contributed by atoms with Gasteiger partial charge in [0.05, 0.1) is 0 Å². The molecule has 112 valence electrons. The molecule has 1 rings (SSSR count). The summed E-state index contributed by atoms with van der Waals surface area (Å²) in [7, 11) is 0. The van der Waals surface area contributed by atoms with Crippen LogP contribution in [0, 0.1) is 11.6 Å². The summed E-state index contributed by atoms with van der Waals surface area (Å²) in [5, 5.41) is 11.7. The molecule has 1 amide bonds. The van der Waals surface area contributed by atoms with E-state index in [4.69, 9.17) is 5.11 Å². The zero-order valence-corrected chi connectivity index (χ0v) is 12.4. The van der Waals surface area contributed by atoms with Crippen molar-refractivity contribution in [3.63, 3.8) is 0 Å². The molecule has 0 bridgehead atoms. The Hall–Kier alpha value is -1.14. The second-order valence-corrected chi connectivity index (χ2v) is 6.25. The van der Waals surface area contributed by atoms with Gasteiger partial charge in [-0.1, -0.05) is 0 Å². The lowest BCUT2D eigenvalue weighted by molar-refractivity contribution is -0.122. The minimum atomic E-state index is -0.886. The molecule has 0 fully saturated rings. The first-order chi connectivity index (χ1) is 9.34. The van der Waals surface area contributed by atoms with Gasteiger partial charge in [-0.15, -0.1) is 11.8 Å². The van der Waals surface area contributed by atoms with Crippen LogP contribution >= 0.6 is 11.8 Å². The topological polar surface area (TPSA) is 49.3 Å². The van der Waals surface area contributed by atoms with E-state index in [0.717, 1.165) is 12.1 Å². The standard InChI is InChI=1S/C14H19F2NO2S/c1-14(2,6-7-18)17-13(19)5-8-20-10-3-4-11(15)12(16)9-10/h3-4,9,18H,5-8H2,1-2H3,(H,17,19). The number of amides is 1. The number of thioether (sulfide) groups is 1. The molecule has 0 spiro atoms. The molecule has 3 nitrogen and oxygen atoms in total. The Bertz CT molecular complexity index is 466. The molecule has 0 unspecified atom stereocenters. The highest BCUT2D eigenvalue weighted by atomic mass is 32.2. The van der Waals surface area contributed by atoms with Crippen LogP contribution in [0.2, 0.25) is 0 Å². The summed E-state index contributed by atoms with van der Waals surface area (Å²) in [5.41, 5.74) is -0.446. The van der Waals surface area contributed by atoms with E-state index in [1.807, 2.05) is 13.8 Å². The SMILES string of the molecule is CC(C)(CCO)NC(=O)CCSc1ccc(F)c(F)c1. The number of benzene rings is 1. The van der Waals surface area contributed by atoms with Crippen LogP contribution in [0.1, 0.15) is 26.7 Å². The molecule has 0 heterocycles. The van der Waals surface area contributed by atoms with Gasteiger partial charge in [-0.25, -0.2) is 8.78 Å². The van der Waals surface area contributed by atoms with Crippen molar-refractivity contribution >= 4 is 17.7 Å². The van der Waals surface area contributed by atoms with Crippen LogP contribution in [0.3, 0.4) is 0 Å². The predicted octanol–water partition coefficient (Wildman–Crippen LogP) is 2.72. The van der Waals surface area contributed by atoms with Crippen LogP contribution in [-0.2, 0) is 4.79 Å². The van der Waals surface area contributed by atoms with Crippen LogP contribution in [-0.4, -0.2) is 28.9 Å². The molecule has 0 aliphatic rings. The van der Waals surface area contributed by atoms with Gasteiger partial charge in [-0.2, -0.15) is 0 Å². The monoisotopic (exact) mass is 303 g/mol. The number of carbonyl (C=O) groups excluding carboxylic acids is 1. The number of aliphatic hydroxyl groups excluding tert-OH is 1. The fourth-order valence-electron chi connectivity index (χ4n) is 1.61. The molecule has 0 aliphatic heterocycles. The first kappa shape index (κ1) is 16.9. The van der Waals surface area contributed by atoms with E-state index in [1.165, 1.54) is 17.8 Å². The van der Waals surface area contributed by atoms with Crippen molar-refractivity contribution in [2.45, 2.75) is 37.1 Å². The molecular weight excluding hydrogens is 284 g/mol. The van der Waals surface area contributed by atoms with Gasteiger partial charge in [0, 0.05) is 29.2 Å². The maximum absolute atomic E-state index is 13.0. The van der Waals surface area contributed by atoms with E-state index in [2.05, 4.69) is 5.32 Å². The number of carbonyl (C=O) groups is 1. The molecule has 0 saturated carbocycles. The predicted molar refractivity (Wildman–Crippen MR) is 75.6 cm³/mol. The minimum Gasteiger partial charge on any atom is -0.396 e. The number of aliphatic hydroxyl groups is 1. The molecule has 0 radical (unpaired) electrons. The minimum absolute atomic E-state index is 0.0108. The Morgan fingerprint density at radius 2 is 2.05 bits per heavy atom. The van der Waals surface area contributed by atoms with E-state index < -0.39 is 17.2 Å². The lowest BCUT2D eigenvalue weighted by Gasteiger charge is -2.25. The van der Waals surface area contributed by atoms with Crippen LogP contribution in [0.5, 0.6) is 0 Å². The highest BCUT2D eigenvalue weighted by molar-refractivity contribution is 7.99. The maximum atomic E-state index is 13.0. The number of hydrogen-bond acceptors (Lipinski definition) is 3. The zero-order chi connectivity index (χ0) is 15.2. The third-order valence-corrected chi connectivity index (χ3v) is 3.70. The molecule has 2 N–H and O–H groups in total. The van der Waals surface area contributed by atoms with Crippen molar-refractivity contribution < 1.29 is 18.7 Å². The number of rotatable bonds is 7. The van der Waals surface area contributed by atoms with Gasteiger partial charge in [0.15, 0.2) is 11.6 Å². The van der Waals surface area contributed by atoms with Crippen molar-refractivity contribution in [2.24, 2.45) is 0 Å². The van der Waals surface area contributed by atoms with Gasteiger partial charge >= 0.3 is 0 Å². The first-order valence-corrected chi connectivity index (χ1v) is 7.32. The molecule has 0 aliphatic carbocycles. The average Bonchev–Trinajstić information content (AvgIpc) is 2.32. The molecule has 0 aromatic heterocycles. The van der Waals surface area contributed by atoms with Gasteiger partial charge in [-0.3, -0.25) is 4.79 Å². The summed E-state index contributed by atoms with van der Waals surface area (Å²) in [6, 6.07) is 3.67. The van der Waals surface area contributed by atoms with Gasteiger partial charge in [0.25, 0.3) is 0 Å². The molecule has 1 aromatic rings. The normalized spacial score (nSPS) is 11.4. The third kappa shape index (κ3) is 5.88. The highest BCUT2D eigenvalue weighted by Gasteiger charge is 2.19. The molecule has 20 heavy (non-hydrogen) atoms. The van der Waals surface area contributed by atoms with Crippen LogP contribution in [0.4, 0.5) is 8.78 Å². The fourth-order valence-corrected chi connectivity index (χ4v) is 2.48. The molecule has 1 aromatic carbocycles. The van der Waals surface area contributed by atoms with E-state index in [0.29, 0.717) is 17.1 Å². The van der Waals surface area contributed by atoms with Gasteiger partial charge in [0.1, 0.15) is 0 Å². The van der Waals surface area contributed by atoms with E-state index in [1.54, 1.807) is 0 Å². The van der Waals surface area contributed by atoms with Crippen molar-refractivity contribution in [1.82, 2.24) is 5.32 Å². The second-order valence-electron chi connectivity index (χ2n) is 5.08. The van der Waals surface area contributed by atoms with Gasteiger partial charge < -0.3 is 10.4 Å². The van der Waals surface area contributed by atoms with E-state index in [9.17, 15) is 13.6 Å². The van der Waals surface area contributed by atoms with Crippen LogP contribution < -0.4 is 5.32 Å². The number of nitrogens with one attached hydrogen (secondary N) is 1. The lowest BCUT2D eigenvalue weighted by Crippen LogP contribution is -2.44. The molecule has 0 atom stereocenters. The largest absolute Gasteiger partial charge is 0.396 e. The fraction of sp³-hybridized carbons (Fsp3) is 0.500. The quantitative estimate of drug-likeness (QED) is 0.762.